The fourth-order valence-corrected chi connectivity index (χ4v) is 3.03. The third-order valence-electron chi connectivity index (χ3n) is 3.61. The van der Waals surface area contributed by atoms with Crippen molar-refractivity contribution in [2.24, 2.45) is 4.99 Å². The summed E-state index contributed by atoms with van der Waals surface area (Å²) < 4.78 is 5.56. The number of nitrogens with zero attached hydrogens (tertiary/aromatic N) is 2. The van der Waals surface area contributed by atoms with Crippen LogP contribution in [0.2, 0.25) is 0 Å². The summed E-state index contributed by atoms with van der Waals surface area (Å²) in [5, 5.41) is 11.0. The Hall–Kier alpha value is -2.08. The van der Waals surface area contributed by atoms with Gasteiger partial charge < -0.3 is 15.4 Å². The van der Waals surface area contributed by atoms with Gasteiger partial charge in [-0.3, -0.25) is 0 Å². The van der Waals surface area contributed by atoms with E-state index in [1.807, 2.05) is 32.2 Å². The lowest BCUT2D eigenvalue weighted by molar-refractivity contribution is 0.232. The van der Waals surface area contributed by atoms with E-state index in [1.165, 1.54) is 5.56 Å². The Kier molecular flexibility index (Phi) is 7.73. The topological polar surface area (TPSA) is 58.5 Å². The highest BCUT2D eigenvalue weighted by molar-refractivity contribution is 7.07. The van der Waals surface area contributed by atoms with Crippen LogP contribution in [0.1, 0.15) is 44.7 Å². The molecule has 2 aromatic rings. The van der Waals surface area contributed by atoms with Crippen molar-refractivity contribution in [3.63, 3.8) is 0 Å². The monoisotopic (exact) mass is 360 g/mol. The zero-order valence-electron chi connectivity index (χ0n) is 15.5. The lowest BCUT2D eigenvalue weighted by Gasteiger charge is -2.15. The minimum Gasteiger partial charge on any atom is -0.475 e. The Labute approximate surface area is 154 Å². The van der Waals surface area contributed by atoms with Crippen molar-refractivity contribution in [1.82, 2.24) is 15.6 Å². The van der Waals surface area contributed by atoms with E-state index in [4.69, 9.17) is 4.74 Å². The van der Waals surface area contributed by atoms with Crippen molar-refractivity contribution < 1.29 is 4.74 Å². The van der Waals surface area contributed by atoms with Crippen molar-refractivity contribution >= 4 is 17.3 Å². The quantitative estimate of drug-likeness (QED) is 0.555. The van der Waals surface area contributed by atoms with Crippen LogP contribution < -0.4 is 15.4 Å². The first-order chi connectivity index (χ1) is 12.1. The van der Waals surface area contributed by atoms with E-state index in [-0.39, 0.29) is 6.10 Å². The minimum atomic E-state index is 0.131. The molecule has 6 heteroatoms. The minimum absolute atomic E-state index is 0.131. The maximum atomic E-state index is 5.56. The Balaban J connectivity index is 1.90. The van der Waals surface area contributed by atoms with E-state index in [0.29, 0.717) is 18.3 Å². The zero-order valence-corrected chi connectivity index (χ0v) is 16.3. The van der Waals surface area contributed by atoms with Gasteiger partial charge in [0.05, 0.1) is 12.6 Å². The van der Waals surface area contributed by atoms with Gasteiger partial charge in [-0.25, -0.2) is 9.98 Å². The number of hydrogen-bond acceptors (Lipinski definition) is 4. The van der Waals surface area contributed by atoms with Crippen LogP contribution in [0.4, 0.5) is 0 Å². The number of pyridine rings is 1. The first-order valence-electron chi connectivity index (χ1n) is 8.74. The van der Waals surface area contributed by atoms with Crippen molar-refractivity contribution in [2.45, 2.75) is 46.3 Å². The highest BCUT2D eigenvalue weighted by Crippen LogP contribution is 2.17. The van der Waals surface area contributed by atoms with Crippen molar-refractivity contribution in [2.75, 3.05) is 13.1 Å². The van der Waals surface area contributed by atoms with Gasteiger partial charge in [0, 0.05) is 25.4 Å². The predicted molar refractivity (Wildman–Crippen MR) is 106 cm³/mol. The fourth-order valence-electron chi connectivity index (χ4n) is 2.25. The van der Waals surface area contributed by atoms with Gasteiger partial charge >= 0.3 is 0 Å². The number of aliphatic imine (C=N–C) groups is 1. The summed E-state index contributed by atoms with van der Waals surface area (Å²) in [6.07, 6.45) is 1.95. The van der Waals surface area contributed by atoms with Gasteiger partial charge in [0.25, 0.3) is 0 Å². The number of thiophene rings is 1. The van der Waals surface area contributed by atoms with Crippen LogP contribution in [0.3, 0.4) is 0 Å². The SMILES string of the molecule is CCNC(=NCc1ccc(OC(C)C)nc1)NCC(C)c1ccsc1. The molecule has 5 nitrogen and oxygen atoms in total. The number of aromatic nitrogens is 1. The highest BCUT2D eigenvalue weighted by Gasteiger charge is 2.07. The van der Waals surface area contributed by atoms with Crippen LogP contribution >= 0.6 is 11.3 Å². The Bertz CT molecular complexity index is 638. The molecule has 1 unspecified atom stereocenters. The lowest BCUT2D eigenvalue weighted by atomic mass is 10.1. The summed E-state index contributed by atoms with van der Waals surface area (Å²) in [5.74, 6) is 1.92. The molecule has 0 spiro atoms. The summed E-state index contributed by atoms with van der Waals surface area (Å²) in [5.41, 5.74) is 2.41. The fraction of sp³-hybridized carbons (Fsp3) is 0.474. The lowest BCUT2D eigenvalue weighted by Crippen LogP contribution is -2.39. The van der Waals surface area contributed by atoms with Crippen molar-refractivity contribution in [1.29, 1.82) is 0 Å². The summed E-state index contributed by atoms with van der Waals surface area (Å²) in [6.45, 7) is 10.5. The molecule has 0 aliphatic heterocycles. The molecule has 0 saturated carbocycles. The van der Waals surface area contributed by atoms with E-state index in [9.17, 15) is 0 Å². The van der Waals surface area contributed by atoms with Crippen LogP contribution in [0.25, 0.3) is 0 Å². The third-order valence-corrected chi connectivity index (χ3v) is 4.31. The second-order valence-corrected chi connectivity index (χ2v) is 6.99. The first-order valence-corrected chi connectivity index (χ1v) is 9.68. The predicted octanol–water partition coefficient (Wildman–Crippen LogP) is 3.79. The van der Waals surface area contributed by atoms with Crippen molar-refractivity contribution in [3.8, 4) is 5.88 Å². The average molecular weight is 361 g/mol. The molecule has 25 heavy (non-hydrogen) atoms. The van der Waals surface area contributed by atoms with Gasteiger partial charge in [-0.2, -0.15) is 11.3 Å². The zero-order chi connectivity index (χ0) is 18.1. The van der Waals surface area contributed by atoms with Crippen molar-refractivity contribution in [3.05, 3.63) is 46.3 Å². The van der Waals surface area contributed by atoms with E-state index < -0.39 is 0 Å². The molecular formula is C19H28N4OS. The normalized spacial score (nSPS) is 12.9. The molecule has 0 amide bonds. The molecule has 2 rings (SSSR count). The molecule has 0 aliphatic rings. The van der Waals surface area contributed by atoms with Gasteiger partial charge in [0.15, 0.2) is 5.96 Å². The summed E-state index contributed by atoms with van der Waals surface area (Å²) in [4.78, 5) is 8.96. The molecule has 0 saturated heterocycles. The number of ether oxygens (including phenoxy) is 1. The van der Waals surface area contributed by atoms with Crippen LogP contribution in [0.5, 0.6) is 5.88 Å². The van der Waals surface area contributed by atoms with Gasteiger partial charge in [-0.15, -0.1) is 0 Å². The molecule has 0 bridgehead atoms. The van der Waals surface area contributed by atoms with Crippen LogP contribution in [0.15, 0.2) is 40.1 Å². The molecule has 1 atom stereocenters. The Morgan fingerprint density at radius 2 is 2.08 bits per heavy atom. The maximum absolute atomic E-state index is 5.56. The van der Waals surface area contributed by atoms with E-state index in [1.54, 1.807) is 11.3 Å². The molecule has 136 valence electrons. The second-order valence-electron chi connectivity index (χ2n) is 6.21. The van der Waals surface area contributed by atoms with Gasteiger partial charge in [0.1, 0.15) is 0 Å². The number of nitrogens with one attached hydrogen (secondary N) is 2. The van der Waals surface area contributed by atoms with Gasteiger partial charge in [-0.1, -0.05) is 13.0 Å². The summed E-state index contributed by atoms with van der Waals surface area (Å²) in [7, 11) is 0. The Morgan fingerprint density at radius 1 is 1.24 bits per heavy atom. The average Bonchev–Trinajstić information content (AvgIpc) is 3.12. The van der Waals surface area contributed by atoms with Crippen LogP contribution in [0, 0.1) is 0 Å². The molecular weight excluding hydrogens is 332 g/mol. The molecule has 2 N–H and O–H groups in total. The number of rotatable bonds is 8. The number of guanidine groups is 1. The summed E-state index contributed by atoms with van der Waals surface area (Å²) in [6, 6.07) is 6.07. The van der Waals surface area contributed by atoms with E-state index in [2.05, 4.69) is 51.3 Å². The largest absolute Gasteiger partial charge is 0.475 e. The molecule has 0 fully saturated rings. The highest BCUT2D eigenvalue weighted by atomic mass is 32.1. The smallest absolute Gasteiger partial charge is 0.213 e. The molecule has 0 aromatic carbocycles. The van der Waals surface area contributed by atoms with E-state index in [0.717, 1.165) is 24.6 Å². The Morgan fingerprint density at radius 3 is 2.68 bits per heavy atom. The molecule has 0 aliphatic carbocycles. The van der Waals surface area contributed by atoms with Gasteiger partial charge in [0.2, 0.25) is 5.88 Å². The second kappa shape index (κ2) is 10.0. The molecule has 2 aromatic heterocycles. The molecule has 2 heterocycles. The number of hydrogen-bond donors (Lipinski definition) is 2. The third kappa shape index (κ3) is 6.74. The van der Waals surface area contributed by atoms with Crippen LogP contribution in [-0.4, -0.2) is 30.1 Å². The summed E-state index contributed by atoms with van der Waals surface area (Å²) >= 11 is 1.73. The molecule has 0 radical (unpaired) electrons. The maximum Gasteiger partial charge on any atom is 0.213 e. The van der Waals surface area contributed by atoms with Crippen LogP contribution in [-0.2, 0) is 6.54 Å². The first kappa shape index (κ1) is 19.2. The standard InChI is InChI=1S/C19H28N4OS/c1-5-20-19(22-10-15(4)17-8-9-25-13-17)23-12-16-6-7-18(21-11-16)24-14(2)3/h6-9,11,13-15H,5,10,12H2,1-4H3,(H2,20,22,23). The van der Waals surface area contributed by atoms with E-state index >= 15 is 0 Å². The van der Waals surface area contributed by atoms with Gasteiger partial charge in [-0.05, 0) is 54.6 Å².